The van der Waals surface area contributed by atoms with Gasteiger partial charge in [-0.25, -0.2) is 4.21 Å². The molecule has 0 fully saturated rings. The molecule has 0 aliphatic carbocycles. The molecule has 18 heavy (non-hydrogen) atoms. The average Bonchev–Trinajstić information content (AvgIpc) is 2.60. The van der Waals surface area contributed by atoms with Gasteiger partial charge in [-0.1, -0.05) is 25.6 Å². The zero-order chi connectivity index (χ0) is 13.6. The summed E-state index contributed by atoms with van der Waals surface area (Å²) in [5.74, 6) is -0.343. The lowest BCUT2D eigenvalue weighted by atomic mass is 10.3. The van der Waals surface area contributed by atoms with E-state index in [0.717, 1.165) is 6.42 Å². The van der Waals surface area contributed by atoms with Gasteiger partial charge in [0.2, 0.25) is 11.8 Å². The second kappa shape index (κ2) is 6.84. The third-order valence-corrected chi connectivity index (χ3v) is 5.37. The van der Waals surface area contributed by atoms with E-state index in [-0.39, 0.29) is 11.8 Å². The van der Waals surface area contributed by atoms with Crippen molar-refractivity contribution in [3.05, 3.63) is 10.4 Å². The monoisotopic (exact) mass is 290 g/mol. The first-order chi connectivity index (χ1) is 8.49. The first-order valence-corrected chi connectivity index (χ1v) is 8.41. The molecule has 0 saturated heterocycles. The highest BCUT2D eigenvalue weighted by Crippen LogP contribution is 2.20. The van der Waals surface area contributed by atoms with Gasteiger partial charge in [-0.15, -0.1) is 0 Å². The molecule has 1 rings (SSSR count). The van der Waals surface area contributed by atoms with Gasteiger partial charge in [0, 0.05) is 18.2 Å². The predicted molar refractivity (Wildman–Crippen MR) is 76.0 cm³/mol. The van der Waals surface area contributed by atoms with Gasteiger partial charge in [0.25, 0.3) is 0 Å². The van der Waals surface area contributed by atoms with Crippen molar-refractivity contribution in [3.63, 3.8) is 0 Å². The summed E-state index contributed by atoms with van der Waals surface area (Å²) in [6, 6.07) is 0. The number of carbonyl (C=O) groups is 2. The second-order valence-corrected chi connectivity index (χ2v) is 7.10. The lowest BCUT2D eigenvalue weighted by Gasteiger charge is -2.05. The van der Waals surface area contributed by atoms with Crippen LogP contribution in [0.1, 0.15) is 39.5 Å². The van der Waals surface area contributed by atoms with Crippen LogP contribution in [0.2, 0.25) is 0 Å². The molecule has 1 heterocycles. The number of rotatable bonds is 6. The molecule has 0 aromatic rings. The smallest absolute Gasteiger partial charge is 0.231 e. The highest BCUT2D eigenvalue weighted by Gasteiger charge is 2.17. The number of amides is 2. The summed E-state index contributed by atoms with van der Waals surface area (Å²) in [5, 5.41) is 4.60. The summed E-state index contributed by atoms with van der Waals surface area (Å²) in [7, 11) is -2.62. The molecule has 0 aromatic heterocycles. The fourth-order valence-corrected chi connectivity index (χ4v) is 4.45. The van der Waals surface area contributed by atoms with Crippen LogP contribution in [-0.4, -0.2) is 20.7 Å². The van der Waals surface area contributed by atoms with Crippen LogP contribution < -0.4 is 10.0 Å². The van der Waals surface area contributed by atoms with Gasteiger partial charge >= 0.3 is 0 Å². The minimum atomic E-state index is -2.62. The Labute approximate surface area is 112 Å². The van der Waals surface area contributed by atoms with E-state index in [4.69, 9.17) is 0 Å². The number of thioether (sulfide) groups is 1. The van der Waals surface area contributed by atoms with Gasteiger partial charge in [-0.05, 0) is 12.8 Å². The SMILES string of the molecule is CCCC(=O)NC1=CS(=O)(NC(=O)CCC)=CS1. The molecule has 0 bridgehead atoms. The van der Waals surface area contributed by atoms with E-state index in [1.807, 2.05) is 13.8 Å². The number of nitrogens with one attached hydrogen (secondary N) is 2. The van der Waals surface area contributed by atoms with Gasteiger partial charge < -0.3 is 5.32 Å². The maximum absolute atomic E-state index is 12.2. The van der Waals surface area contributed by atoms with Crippen LogP contribution in [0.4, 0.5) is 0 Å². The van der Waals surface area contributed by atoms with Crippen molar-refractivity contribution in [2.24, 2.45) is 0 Å². The largest absolute Gasteiger partial charge is 0.320 e. The first-order valence-electron chi connectivity index (χ1n) is 5.85. The Hall–Kier alpha value is -0.950. The van der Waals surface area contributed by atoms with E-state index in [2.05, 4.69) is 10.0 Å². The van der Waals surface area contributed by atoms with Gasteiger partial charge in [0.15, 0.2) is 0 Å². The third-order valence-electron chi connectivity index (χ3n) is 2.09. The zero-order valence-corrected chi connectivity index (χ0v) is 12.2. The first kappa shape index (κ1) is 15.1. The maximum Gasteiger partial charge on any atom is 0.231 e. The third kappa shape index (κ3) is 4.73. The van der Waals surface area contributed by atoms with Crippen LogP contribution in [0.3, 0.4) is 0 Å². The highest BCUT2D eigenvalue weighted by atomic mass is 32.2. The van der Waals surface area contributed by atoms with E-state index in [1.54, 1.807) is 0 Å². The van der Waals surface area contributed by atoms with Gasteiger partial charge in [-0.3, -0.25) is 14.3 Å². The van der Waals surface area contributed by atoms with E-state index in [1.165, 1.54) is 21.9 Å². The minimum absolute atomic E-state index is 0.104. The van der Waals surface area contributed by atoms with Crippen LogP contribution >= 0.6 is 11.8 Å². The fourth-order valence-electron chi connectivity index (χ4n) is 1.33. The molecule has 102 valence electrons. The molecule has 2 N–H and O–H groups in total. The normalized spacial score (nSPS) is 22.0. The lowest BCUT2D eigenvalue weighted by Crippen LogP contribution is -2.29. The maximum atomic E-state index is 12.2. The van der Waals surface area contributed by atoms with Crippen LogP contribution in [-0.2, 0) is 19.3 Å². The Morgan fingerprint density at radius 2 is 1.83 bits per heavy atom. The summed E-state index contributed by atoms with van der Waals surface area (Å²) < 4.78 is 16.1. The second-order valence-electron chi connectivity index (χ2n) is 3.92. The predicted octanol–water partition coefficient (Wildman–Crippen LogP) is 1.32. The number of carbonyl (C=O) groups excluding carboxylic acids is 2. The molecule has 1 atom stereocenters. The molecule has 2 amide bonds. The van der Waals surface area contributed by atoms with Crippen LogP contribution in [0.15, 0.2) is 10.4 Å². The van der Waals surface area contributed by atoms with Crippen molar-refractivity contribution < 1.29 is 13.8 Å². The zero-order valence-electron chi connectivity index (χ0n) is 10.5. The number of hydrogen-bond donors (Lipinski definition) is 2. The van der Waals surface area contributed by atoms with Gasteiger partial charge in [-0.2, -0.15) is 0 Å². The molecule has 1 aliphatic heterocycles. The standard InChI is InChI=1S/C11H18N2O3S2/c1-3-5-9(14)12-11-7-18(16,8-17-11)13-10(15)6-4-2/h7-8H,3-6H2,1-2H3,(H,12,14)(H,13,15,16). The van der Waals surface area contributed by atoms with Gasteiger partial charge in [0.05, 0.1) is 19.4 Å². The van der Waals surface area contributed by atoms with Crippen LogP contribution in [0.25, 0.3) is 0 Å². The topological polar surface area (TPSA) is 75.3 Å². The van der Waals surface area contributed by atoms with Crippen molar-refractivity contribution in [1.29, 1.82) is 0 Å². The average molecular weight is 290 g/mol. The molecule has 0 spiro atoms. The Morgan fingerprint density at radius 3 is 2.44 bits per heavy atom. The summed E-state index contributed by atoms with van der Waals surface area (Å²) in [6.07, 6.45) is 2.25. The molecule has 1 unspecified atom stereocenters. The highest BCUT2D eigenvalue weighted by molar-refractivity contribution is 8.30. The van der Waals surface area contributed by atoms with Crippen molar-refractivity contribution in [3.8, 4) is 0 Å². The molecular formula is C11H18N2O3S2. The van der Waals surface area contributed by atoms with Gasteiger partial charge in [0.1, 0.15) is 0 Å². The van der Waals surface area contributed by atoms with Crippen molar-refractivity contribution >= 4 is 38.0 Å². The fraction of sp³-hybridized carbons (Fsp3) is 0.545. The van der Waals surface area contributed by atoms with E-state index >= 15 is 0 Å². The van der Waals surface area contributed by atoms with E-state index < -0.39 is 9.71 Å². The van der Waals surface area contributed by atoms with Crippen LogP contribution in [0, 0.1) is 0 Å². The van der Waals surface area contributed by atoms with Crippen molar-refractivity contribution in [2.75, 3.05) is 0 Å². The lowest BCUT2D eigenvalue weighted by molar-refractivity contribution is -0.120. The van der Waals surface area contributed by atoms with Crippen molar-refractivity contribution in [1.82, 2.24) is 10.0 Å². The Kier molecular flexibility index (Phi) is 5.74. The molecule has 0 radical (unpaired) electrons. The molecule has 5 nitrogen and oxygen atoms in total. The van der Waals surface area contributed by atoms with Crippen LogP contribution in [0.5, 0.6) is 0 Å². The summed E-state index contributed by atoms with van der Waals surface area (Å²) in [5.41, 5.74) is 0. The minimum Gasteiger partial charge on any atom is -0.320 e. The molecule has 0 saturated carbocycles. The Bertz CT molecular complexity index is 477. The summed E-state index contributed by atoms with van der Waals surface area (Å²) >= 11 is 1.18. The number of hydrogen-bond acceptors (Lipinski definition) is 4. The molecule has 1 aliphatic rings. The molecule has 7 heteroatoms. The van der Waals surface area contributed by atoms with Crippen molar-refractivity contribution in [2.45, 2.75) is 39.5 Å². The summed E-state index contributed by atoms with van der Waals surface area (Å²) in [6.45, 7) is 3.79. The van der Waals surface area contributed by atoms with E-state index in [0.29, 0.717) is 24.3 Å². The molecular weight excluding hydrogens is 272 g/mol. The molecule has 0 aromatic carbocycles. The Morgan fingerprint density at radius 1 is 1.22 bits per heavy atom. The quantitative estimate of drug-likeness (QED) is 0.724. The Balaban J connectivity index is 2.59. The van der Waals surface area contributed by atoms with E-state index in [9.17, 15) is 13.8 Å². The summed E-state index contributed by atoms with van der Waals surface area (Å²) in [4.78, 5) is 22.8.